The summed E-state index contributed by atoms with van der Waals surface area (Å²) in [7, 11) is 0. The molecule has 0 aliphatic heterocycles. The first-order chi connectivity index (χ1) is 13.2. The number of nitrogens with one attached hydrogen (secondary N) is 1. The number of para-hydroxylation sites is 2. The summed E-state index contributed by atoms with van der Waals surface area (Å²) < 4.78 is 2.05. The Balaban J connectivity index is 2.00. The third-order valence-electron chi connectivity index (χ3n) is 4.76. The van der Waals surface area contributed by atoms with Crippen molar-refractivity contribution in [2.75, 3.05) is 5.32 Å². The molecule has 3 heterocycles. The molecule has 0 fully saturated rings. The van der Waals surface area contributed by atoms with Crippen molar-refractivity contribution >= 4 is 22.5 Å². The molecule has 1 N–H and O–H groups in total. The molecule has 0 amide bonds. The molecule has 0 aliphatic rings. The number of rotatable bonds is 5. The van der Waals surface area contributed by atoms with E-state index in [0.717, 1.165) is 33.5 Å². The summed E-state index contributed by atoms with van der Waals surface area (Å²) in [6.45, 7) is 6.50. The van der Waals surface area contributed by atoms with E-state index in [1.54, 1.807) is 6.20 Å². The van der Waals surface area contributed by atoms with Gasteiger partial charge in [-0.1, -0.05) is 24.3 Å². The second-order valence-electron chi connectivity index (χ2n) is 6.41. The Hall–Kier alpha value is -3.65. The molecule has 27 heavy (non-hydrogen) atoms. The average Bonchev–Trinajstić information content (AvgIpc) is 3.08. The fraction of sp³-hybridized carbons (Fsp3) is 0.136. The number of aromatic nitrogens is 3. The van der Waals surface area contributed by atoms with E-state index in [-0.39, 0.29) is 0 Å². The van der Waals surface area contributed by atoms with Crippen molar-refractivity contribution in [1.29, 1.82) is 5.26 Å². The quantitative estimate of drug-likeness (QED) is 0.540. The van der Waals surface area contributed by atoms with Crippen molar-refractivity contribution in [2.45, 2.75) is 19.9 Å². The molecule has 4 rings (SSSR count). The van der Waals surface area contributed by atoms with Crippen molar-refractivity contribution in [1.82, 2.24) is 14.4 Å². The number of anilines is 1. The molecule has 3 aromatic heterocycles. The highest BCUT2D eigenvalue weighted by Crippen LogP contribution is 2.31. The van der Waals surface area contributed by atoms with Crippen LogP contribution in [0.3, 0.4) is 0 Å². The summed E-state index contributed by atoms with van der Waals surface area (Å²) in [6, 6.07) is 14.2. The fourth-order valence-electron chi connectivity index (χ4n) is 3.45. The molecule has 1 aromatic carbocycles. The molecule has 0 spiro atoms. The van der Waals surface area contributed by atoms with Gasteiger partial charge in [0.25, 0.3) is 0 Å². The van der Waals surface area contributed by atoms with E-state index in [4.69, 9.17) is 4.98 Å². The first-order valence-corrected chi connectivity index (χ1v) is 8.81. The number of nitrogens with zero attached hydrogens (tertiary/aromatic N) is 4. The van der Waals surface area contributed by atoms with Crippen LogP contribution in [0.1, 0.15) is 22.3 Å². The van der Waals surface area contributed by atoms with Crippen LogP contribution < -0.4 is 5.32 Å². The van der Waals surface area contributed by atoms with E-state index in [2.05, 4.69) is 27.3 Å². The van der Waals surface area contributed by atoms with Crippen LogP contribution in [0.25, 0.3) is 16.7 Å². The third-order valence-corrected chi connectivity index (χ3v) is 4.76. The predicted molar refractivity (Wildman–Crippen MR) is 108 cm³/mol. The molecule has 0 radical (unpaired) electrons. The molecule has 0 saturated heterocycles. The van der Waals surface area contributed by atoms with E-state index in [1.807, 2.05) is 55.6 Å². The molecule has 4 aromatic rings. The summed E-state index contributed by atoms with van der Waals surface area (Å²) in [6.07, 6.45) is 6.14. The minimum atomic E-state index is 0.606. The number of nitriles is 1. The molecule has 0 bridgehead atoms. The minimum Gasteiger partial charge on any atom is -0.367 e. The molecule has 5 nitrogen and oxygen atoms in total. The highest BCUT2D eigenvalue weighted by atomic mass is 15.1. The van der Waals surface area contributed by atoms with E-state index in [1.165, 1.54) is 0 Å². The maximum absolute atomic E-state index is 9.78. The van der Waals surface area contributed by atoms with Crippen LogP contribution in [0, 0.1) is 18.3 Å². The van der Waals surface area contributed by atoms with Crippen LogP contribution in [-0.4, -0.2) is 14.4 Å². The highest BCUT2D eigenvalue weighted by Gasteiger charge is 2.19. The summed E-state index contributed by atoms with van der Waals surface area (Å²) in [5.74, 6) is 0.943. The molecule has 0 atom stereocenters. The maximum Gasteiger partial charge on any atom is 0.157 e. The molecule has 0 saturated carbocycles. The summed E-state index contributed by atoms with van der Waals surface area (Å²) in [5.41, 5.74) is 6.21. The van der Waals surface area contributed by atoms with Crippen LogP contribution in [0.5, 0.6) is 0 Å². The van der Waals surface area contributed by atoms with Gasteiger partial charge in [-0.05, 0) is 42.7 Å². The van der Waals surface area contributed by atoms with Gasteiger partial charge in [0, 0.05) is 24.5 Å². The normalized spacial score (nSPS) is 10.8. The molecular weight excluding hydrogens is 334 g/mol. The Morgan fingerprint density at radius 1 is 1.26 bits per heavy atom. The summed E-state index contributed by atoms with van der Waals surface area (Å²) in [4.78, 5) is 8.91. The van der Waals surface area contributed by atoms with Crippen LogP contribution in [0.4, 0.5) is 5.82 Å². The number of fused-ring (bicyclic) bond motifs is 3. The SMILES string of the molecule is C=CCc1c(C)c(C#N)c2nc3ccccc3n2c1NCc1cccnc1. The van der Waals surface area contributed by atoms with Crippen molar-refractivity contribution in [3.63, 3.8) is 0 Å². The topological polar surface area (TPSA) is 66.0 Å². The fourth-order valence-corrected chi connectivity index (χ4v) is 3.45. The van der Waals surface area contributed by atoms with E-state index >= 15 is 0 Å². The Morgan fingerprint density at radius 2 is 2.11 bits per heavy atom. The lowest BCUT2D eigenvalue weighted by Gasteiger charge is -2.18. The minimum absolute atomic E-state index is 0.606. The van der Waals surface area contributed by atoms with Gasteiger partial charge in [0.05, 0.1) is 16.6 Å². The van der Waals surface area contributed by atoms with Gasteiger partial charge in [0.15, 0.2) is 5.65 Å². The first kappa shape index (κ1) is 16.8. The van der Waals surface area contributed by atoms with Gasteiger partial charge in [-0.2, -0.15) is 5.26 Å². The number of allylic oxidation sites excluding steroid dienone is 1. The van der Waals surface area contributed by atoms with Gasteiger partial charge >= 0.3 is 0 Å². The van der Waals surface area contributed by atoms with Gasteiger partial charge in [-0.3, -0.25) is 9.38 Å². The number of pyridine rings is 2. The average molecular weight is 353 g/mol. The van der Waals surface area contributed by atoms with E-state index in [0.29, 0.717) is 24.2 Å². The standard InChI is InChI=1S/C22H19N5/c1-3-7-17-15(2)18(12-23)22-26-19-9-4-5-10-20(19)27(22)21(17)25-14-16-8-6-11-24-13-16/h3-6,8-11,13,25H,1,7,14H2,2H3. The summed E-state index contributed by atoms with van der Waals surface area (Å²) in [5, 5.41) is 13.3. The predicted octanol–water partition coefficient (Wildman–Crippen LogP) is 4.40. The van der Waals surface area contributed by atoms with Crippen LogP contribution >= 0.6 is 0 Å². The van der Waals surface area contributed by atoms with Crippen molar-refractivity contribution in [2.24, 2.45) is 0 Å². The van der Waals surface area contributed by atoms with E-state index in [9.17, 15) is 5.26 Å². The van der Waals surface area contributed by atoms with Gasteiger partial charge in [0.2, 0.25) is 0 Å². The van der Waals surface area contributed by atoms with Crippen molar-refractivity contribution in [3.8, 4) is 6.07 Å². The number of hydrogen-bond acceptors (Lipinski definition) is 4. The van der Waals surface area contributed by atoms with Crippen molar-refractivity contribution < 1.29 is 0 Å². The Kier molecular flexibility index (Phi) is 4.31. The van der Waals surface area contributed by atoms with Crippen LogP contribution in [0.2, 0.25) is 0 Å². The Bertz CT molecular complexity index is 1180. The van der Waals surface area contributed by atoms with E-state index < -0.39 is 0 Å². The Labute approximate surface area is 157 Å². The van der Waals surface area contributed by atoms with Gasteiger partial charge in [-0.25, -0.2) is 4.98 Å². The Morgan fingerprint density at radius 3 is 2.85 bits per heavy atom. The maximum atomic E-state index is 9.78. The number of hydrogen-bond donors (Lipinski definition) is 1. The zero-order chi connectivity index (χ0) is 18.8. The second kappa shape index (κ2) is 6.93. The lowest BCUT2D eigenvalue weighted by molar-refractivity contribution is 1.03. The molecule has 0 aliphatic carbocycles. The van der Waals surface area contributed by atoms with Gasteiger partial charge in [-0.15, -0.1) is 6.58 Å². The van der Waals surface area contributed by atoms with Gasteiger partial charge in [0.1, 0.15) is 11.9 Å². The molecule has 132 valence electrons. The van der Waals surface area contributed by atoms with Crippen LogP contribution in [0.15, 0.2) is 61.4 Å². The molecule has 0 unspecified atom stereocenters. The van der Waals surface area contributed by atoms with Crippen LogP contribution in [-0.2, 0) is 13.0 Å². The van der Waals surface area contributed by atoms with Gasteiger partial charge < -0.3 is 5.32 Å². The third kappa shape index (κ3) is 2.81. The lowest BCUT2D eigenvalue weighted by Crippen LogP contribution is -2.11. The van der Waals surface area contributed by atoms with Crippen molar-refractivity contribution in [3.05, 3.63) is 83.7 Å². The lowest BCUT2D eigenvalue weighted by atomic mass is 10.0. The highest BCUT2D eigenvalue weighted by molar-refractivity contribution is 5.86. The largest absolute Gasteiger partial charge is 0.367 e. The first-order valence-electron chi connectivity index (χ1n) is 8.81. The molecular formula is C22H19N5. The molecule has 5 heteroatoms. The smallest absolute Gasteiger partial charge is 0.157 e. The second-order valence-corrected chi connectivity index (χ2v) is 6.41. The number of benzene rings is 1. The monoisotopic (exact) mass is 353 g/mol. The summed E-state index contributed by atoms with van der Waals surface area (Å²) >= 11 is 0. The zero-order valence-corrected chi connectivity index (χ0v) is 15.1. The number of imidazole rings is 1. The zero-order valence-electron chi connectivity index (χ0n) is 15.1.